The number of H-pyrrole nitrogens is 1. The molecular formula is C12H13N5O2S. The summed E-state index contributed by atoms with van der Waals surface area (Å²) in [7, 11) is 1.64. The summed E-state index contributed by atoms with van der Waals surface area (Å²) >= 11 is 1.53. The molecule has 0 aromatic carbocycles. The van der Waals surface area contributed by atoms with Crippen molar-refractivity contribution in [3.63, 3.8) is 0 Å². The van der Waals surface area contributed by atoms with Gasteiger partial charge in [-0.2, -0.15) is 0 Å². The second-order valence-corrected chi connectivity index (χ2v) is 5.52. The quantitative estimate of drug-likeness (QED) is 0.825. The predicted octanol–water partition coefficient (Wildman–Crippen LogP) is 0.344. The Hall–Kier alpha value is -2.09. The van der Waals surface area contributed by atoms with Crippen LogP contribution in [0.3, 0.4) is 0 Å². The molecule has 3 heterocycles. The summed E-state index contributed by atoms with van der Waals surface area (Å²) in [4.78, 5) is 37.2. The van der Waals surface area contributed by atoms with Crippen molar-refractivity contribution < 1.29 is 4.79 Å². The van der Waals surface area contributed by atoms with Gasteiger partial charge < -0.3 is 9.88 Å². The maximum Gasteiger partial charge on any atom is 0.267 e. The summed E-state index contributed by atoms with van der Waals surface area (Å²) < 4.78 is 1.55. The van der Waals surface area contributed by atoms with Crippen LogP contribution in [0.1, 0.15) is 16.2 Å². The van der Waals surface area contributed by atoms with E-state index in [9.17, 15) is 9.59 Å². The fourth-order valence-electron chi connectivity index (χ4n) is 2.05. The lowest BCUT2D eigenvalue weighted by molar-refractivity contribution is 0.0778. The zero-order valence-corrected chi connectivity index (χ0v) is 11.7. The Bertz CT molecular complexity index is 694. The number of hydrogen-bond acceptors (Lipinski definition) is 5. The lowest BCUT2D eigenvalue weighted by atomic mass is 10.3. The Morgan fingerprint density at radius 1 is 1.55 bits per heavy atom. The van der Waals surface area contributed by atoms with Crippen molar-refractivity contribution >= 4 is 17.7 Å². The number of rotatable bonds is 3. The number of nitrogens with one attached hydrogen (secondary N) is 1. The molecule has 3 rings (SSSR count). The third-order valence-corrected chi connectivity index (χ3v) is 4.05. The van der Waals surface area contributed by atoms with Gasteiger partial charge >= 0.3 is 0 Å². The summed E-state index contributed by atoms with van der Waals surface area (Å²) in [5.74, 6) is 1.15. The Morgan fingerprint density at radius 2 is 2.40 bits per heavy atom. The van der Waals surface area contributed by atoms with Gasteiger partial charge in [0.1, 0.15) is 11.4 Å². The van der Waals surface area contributed by atoms with E-state index in [-0.39, 0.29) is 17.0 Å². The molecule has 104 valence electrons. The van der Waals surface area contributed by atoms with Crippen LogP contribution in [0.5, 0.6) is 0 Å². The fraction of sp³-hybridized carbons (Fsp3) is 0.333. The summed E-state index contributed by atoms with van der Waals surface area (Å²) in [6.07, 6.45) is 4.68. The molecule has 0 unspecified atom stereocenters. The molecule has 0 fully saturated rings. The molecule has 0 radical (unpaired) electrons. The lowest BCUT2D eigenvalue weighted by Crippen LogP contribution is -2.34. The molecule has 0 saturated heterocycles. The van der Waals surface area contributed by atoms with Crippen LogP contribution in [0, 0.1) is 0 Å². The van der Waals surface area contributed by atoms with Crippen LogP contribution in [0.2, 0.25) is 0 Å². The van der Waals surface area contributed by atoms with Crippen molar-refractivity contribution in [2.24, 2.45) is 0 Å². The monoisotopic (exact) mass is 291 g/mol. The topological polar surface area (TPSA) is 83.9 Å². The van der Waals surface area contributed by atoms with Gasteiger partial charge in [0.05, 0.1) is 6.54 Å². The minimum absolute atomic E-state index is 0.102. The van der Waals surface area contributed by atoms with E-state index in [4.69, 9.17) is 0 Å². The zero-order chi connectivity index (χ0) is 14.1. The number of aromatic amines is 1. The number of amides is 1. The van der Waals surface area contributed by atoms with Crippen molar-refractivity contribution in [2.75, 3.05) is 12.8 Å². The number of carbonyl (C=O) groups excluding carboxylic acids is 1. The van der Waals surface area contributed by atoms with E-state index in [0.717, 1.165) is 5.75 Å². The Morgan fingerprint density at radius 3 is 3.15 bits per heavy atom. The number of thioether (sulfide) groups is 1. The normalized spacial score (nSPS) is 13.2. The summed E-state index contributed by atoms with van der Waals surface area (Å²) in [5.41, 5.74) is -0.165. The molecule has 1 amide bonds. The molecule has 0 atom stereocenters. The maximum absolute atomic E-state index is 12.3. The number of fused-ring (bicyclic) bond motifs is 1. The molecule has 20 heavy (non-hydrogen) atoms. The average molecular weight is 291 g/mol. The molecule has 7 nitrogen and oxygen atoms in total. The van der Waals surface area contributed by atoms with Crippen LogP contribution in [-0.2, 0) is 13.1 Å². The van der Waals surface area contributed by atoms with E-state index in [1.54, 1.807) is 24.0 Å². The lowest BCUT2D eigenvalue weighted by Gasteiger charge is -2.15. The molecule has 2 aromatic rings. The van der Waals surface area contributed by atoms with Gasteiger partial charge in [-0.1, -0.05) is 11.8 Å². The van der Waals surface area contributed by atoms with Gasteiger partial charge in [-0.25, -0.2) is 9.97 Å². The number of nitrogens with zero attached hydrogens (tertiary/aromatic N) is 4. The van der Waals surface area contributed by atoms with E-state index in [0.29, 0.717) is 24.1 Å². The molecule has 0 aliphatic carbocycles. The van der Waals surface area contributed by atoms with Crippen LogP contribution in [0.4, 0.5) is 0 Å². The Kier molecular flexibility index (Phi) is 3.31. The van der Waals surface area contributed by atoms with E-state index in [1.807, 2.05) is 0 Å². The SMILES string of the molecule is CN(Cc1ncc[nH]1)C(=O)c1cnc2n(c1=O)CCS2. The van der Waals surface area contributed by atoms with Crippen LogP contribution < -0.4 is 5.56 Å². The Labute approximate surface area is 119 Å². The third-order valence-electron chi connectivity index (χ3n) is 3.08. The summed E-state index contributed by atoms with van der Waals surface area (Å²) in [6.45, 7) is 0.927. The smallest absolute Gasteiger partial charge is 0.267 e. The number of imidazole rings is 1. The molecule has 1 N–H and O–H groups in total. The molecule has 2 aromatic heterocycles. The number of aromatic nitrogens is 4. The van der Waals surface area contributed by atoms with Crippen molar-refractivity contribution in [2.45, 2.75) is 18.2 Å². The van der Waals surface area contributed by atoms with E-state index >= 15 is 0 Å². The maximum atomic E-state index is 12.3. The highest BCUT2D eigenvalue weighted by molar-refractivity contribution is 7.99. The summed E-state index contributed by atoms with van der Waals surface area (Å²) in [6, 6.07) is 0. The molecular weight excluding hydrogens is 278 g/mol. The van der Waals surface area contributed by atoms with Gasteiger partial charge in [0.2, 0.25) is 0 Å². The Balaban J connectivity index is 1.86. The van der Waals surface area contributed by atoms with Crippen LogP contribution >= 0.6 is 11.8 Å². The van der Waals surface area contributed by atoms with Gasteiger partial charge in [0.15, 0.2) is 5.16 Å². The first kappa shape index (κ1) is 12.9. The standard InChI is InChI=1S/C12H13N5O2S/c1-16(7-9-13-2-3-14-9)10(18)8-6-15-12-17(11(8)19)4-5-20-12/h2-3,6H,4-5,7H2,1H3,(H,13,14). The van der Waals surface area contributed by atoms with Gasteiger partial charge in [-0.15, -0.1) is 0 Å². The van der Waals surface area contributed by atoms with Crippen molar-refractivity contribution in [3.8, 4) is 0 Å². The number of carbonyl (C=O) groups is 1. The molecule has 0 spiro atoms. The highest BCUT2D eigenvalue weighted by Gasteiger charge is 2.22. The predicted molar refractivity (Wildman–Crippen MR) is 73.6 cm³/mol. The molecule has 8 heteroatoms. The van der Waals surface area contributed by atoms with Crippen LogP contribution in [-0.4, -0.2) is 43.1 Å². The second kappa shape index (κ2) is 5.12. The summed E-state index contributed by atoms with van der Waals surface area (Å²) in [5, 5.41) is 0.681. The van der Waals surface area contributed by atoms with Gasteiger partial charge in [0, 0.05) is 37.9 Å². The first-order valence-electron chi connectivity index (χ1n) is 6.13. The van der Waals surface area contributed by atoms with E-state index in [2.05, 4.69) is 15.0 Å². The van der Waals surface area contributed by atoms with Gasteiger partial charge in [0.25, 0.3) is 11.5 Å². The number of hydrogen-bond donors (Lipinski definition) is 1. The van der Waals surface area contributed by atoms with E-state index < -0.39 is 0 Å². The van der Waals surface area contributed by atoms with E-state index in [1.165, 1.54) is 22.9 Å². The zero-order valence-electron chi connectivity index (χ0n) is 10.9. The van der Waals surface area contributed by atoms with Gasteiger partial charge in [-0.05, 0) is 0 Å². The first-order valence-corrected chi connectivity index (χ1v) is 7.11. The third kappa shape index (κ3) is 2.22. The largest absolute Gasteiger partial charge is 0.347 e. The van der Waals surface area contributed by atoms with Crippen molar-refractivity contribution in [3.05, 3.63) is 40.3 Å². The fourth-order valence-corrected chi connectivity index (χ4v) is 2.96. The molecule has 1 aliphatic rings. The minimum Gasteiger partial charge on any atom is -0.347 e. The van der Waals surface area contributed by atoms with Crippen molar-refractivity contribution in [1.29, 1.82) is 0 Å². The van der Waals surface area contributed by atoms with Crippen LogP contribution in [0.15, 0.2) is 28.5 Å². The molecule has 0 saturated carbocycles. The minimum atomic E-state index is -0.342. The van der Waals surface area contributed by atoms with Crippen molar-refractivity contribution in [1.82, 2.24) is 24.4 Å². The highest BCUT2D eigenvalue weighted by atomic mass is 32.2. The second-order valence-electron chi connectivity index (χ2n) is 4.46. The molecule has 1 aliphatic heterocycles. The highest BCUT2D eigenvalue weighted by Crippen LogP contribution is 2.20. The van der Waals surface area contributed by atoms with Crippen LogP contribution in [0.25, 0.3) is 0 Å². The van der Waals surface area contributed by atoms with Gasteiger partial charge in [-0.3, -0.25) is 14.2 Å². The first-order chi connectivity index (χ1) is 9.66. The average Bonchev–Trinajstić information content (AvgIpc) is 3.09. The molecule has 0 bridgehead atoms.